The van der Waals surface area contributed by atoms with E-state index in [1.54, 1.807) is 10.7 Å². The van der Waals surface area contributed by atoms with Gasteiger partial charge in [-0.15, -0.1) is 0 Å². The maximum atomic E-state index is 11.7. The highest BCUT2D eigenvalue weighted by molar-refractivity contribution is 7.90. The van der Waals surface area contributed by atoms with Crippen molar-refractivity contribution < 1.29 is 8.42 Å². The lowest BCUT2D eigenvalue weighted by Gasteiger charge is -2.08. The minimum absolute atomic E-state index is 0.193. The van der Waals surface area contributed by atoms with Crippen LogP contribution >= 0.6 is 0 Å². The first kappa shape index (κ1) is 14.9. The molecular weight excluding hydrogens is 304 g/mol. The van der Waals surface area contributed by atoms with Crippen LogP contribution in [0.1, 0.15) is 18.5 Å². The molecule has 3 rings (SSSR count). The fourth-order valence-electron chi connectivity index (χ4n) is 1.99. The molecule has 0 bridgehead atoms. The number of nitrogens with one attached hydrogen (secondary N) is 2. The number of aryl methyl sites for hydroxylation is 1. The standard InChI is InChI=1S/C13H18N6O2S/c1-10-4-7-19(18-10)13-8-12(15-9-16-13)14-5-6-17-22(20,21)11-2-3-11/h4,7-9,11,17H,2-3,5-6H2,1H3,(H,14,15,16). The van der Waals surface area contributed by atoms with Crippen molar-refractivity contribution in [1.29, 1.82) is 0 Å². The first-order valence-corrected chi connectivity index (χ1v) is 8.66. The van der Waals surface area contributed by atoms with Crippen molar-refractivity contribution in [2.45, 2.75) is 25.0 Å². The van der Waals surface area contributed by atoms with E-state index in [2.05, 4.69) is 25.1 Å². The quantitative estimate of drug-likeness (QED) is 0.718. The van der Waals surface area contributed by atoms with Crippen LogP contribution in [0.3, 0.4) is 0 Å². The van der Waals surface area contributed by atoms with E-state index in [9.17, 15) is 8.42 Å². The van der Waals surface area contributed by atoms with Crippen LogP contribution in [-0.2, 0) is 10.0 Å². The van der Waals surface area contributed by atoms with E-state index in [0.717, 1.165) is 18.5 Å². The predicted molar refractivity (Wildman–Crippen MR) is 82.3 cm³/mol. The molecule has 2 aromatic rings. The van der Waals surface area contributed by atoms with Crippen molar-refractivity contribution in [3.63, 3.8) is 0 Å². The highest BCUT2D eigenvalue weighted by atomic mass is 32.2. The molecule has 0 amide bonds. The fourth-order valence-corrected chi connectivity index (χ4v) is 3.37. The summed E-state index contributed by atoms with van der Waals surface area (Å²) in [5.41, 5.74) is 0.905. The zero-order valence-corrected chi connectivity index (χ0v) is 13.0. The Kier molecular flexibility index (Phi) is 4.08. The van der Waals surface area contributed by atoms with Crippen molar-refractivity contribution in [3.05, 3.63) is 30.4 Å². The lowest BCUT2D eigenvalue weighted by Crippen LogP contribution is -2.31. The molecule has 0 aliphatic heterocycles. The average Bonchev–Trinajstić information content (AvgIpc) is 3.27. The minimum atomic E-state index is -3.13. The summed E-state index contributed by atoms with van der Waals surface area (Å²) in [6, 6.07) is 3.66. The van der Waals surface area contributed by atoms with E-state index in [1.165, 1.54) is 6.33 Å². The largest absolute Gasteiger partial charge is 0.369 e. The third kappa shape index (κ3) is 3.60. The van der Waals surface area contributed by atoms with Crippen LogP contribution in [0.15, 0.2) is 24.7 Å². The third-order valence-corrected chi connectivity index (χ3v) is 5.26. The number of nitrogens with zero attached hydrogens (tertiary/aromatic N) is 4. The summed E-state index contributed by atoms with van der Waals surface area (Å²) in [7, 11) is -3.13. The Morgan fingerprint density at radius 2 is 2.14 bits per heavy atom. The number of hydrogen-bond donors (Lipinski definition) is 2. The molecule has 1 aliphatic rings. The van der Waals surface area contributed by atoms with Crippen LogP contribution in [-0.4, -0.2) is 46.5 Å². The first-order valence-electron chi connectivity index (χ1n) is 7.12. The summed E-state index contributed by atoms with van der Waals surface area (Å²) in [6.07, 6.45) is 4.80. The van der Waals surface area contributed by atoms with Crippen molar-refractivity contribution in [1.82, 2.24) is 24.5 Å². The number of rotatable bonds is 7. The summed E-state index contributed by atoms with van der Waals surface area (Å²) in [5.74, 6) is 1.29. The van der Waals surface area contributed by atoms with Crippen LogP contribution in [0.25, 0.3) is 5.82 Å². The van der Waals surface area contributed by atoms with Crippen molar-refractivity contribution in [2.24, 2.45) is 0 Å². The molecule has 8 nitrogen and oxygen atoms in total. The zero-order valence-electron chi connectivity index (χ0n) is 12.2. The van der Waals surface area contributed by atoms with Crippen LogP contribution in [0, 0.1) is 6.92 Å². The summed E-state index contributed by atoms with van der Waals surface area (Å²) in [4.78, 5) is 8.27. The lowest BCUT2D eigenvalue weighted by molar-refractivity contribution is 0.581. The Balaban J connectivity index is 1.54. The zero-order chi connectivity index (χ0) is 15.6. The van der Waals surface area contributed by atoms with Gasteiger partial charge in [0, 0.05) is 25.4 Å². The van der Waals surface area contributed by atoms with E-state index in [-0.39, 0.29) is 5.25 Å². The Labute approximate surface area is 129 Å². The number of aromatic nitrogens is 4. The monoisotopic (exact) mass is 322 g/mol. The van der Waals surface area contributed by atoms with Crippen LogP contribution < -0.4 is 10.0 Å². The number of anilines is 1. The summed E-state index contributed by atoms with van der Waals surface area (Å²) >= 11 is 0. The van der Waals surface area contributed by atoms with Crippen LogP contribution in [0.2, 0.25) is 0 Å². The topological polar surface area (TPSA) is 102 Å². The van der Waals surface area contributed by atoms with Gasteiger partial charge < -0.3 is 5.32 Å². The summed E-state index contributed by atoms with van der Waals surface area (Å²) in [5, 5.41) is 7.17. The van der Waals surface area contributed by atoms with E-state index in [0.29, 0.717) is 24.7 Å². The van der Waals surface area contributed by atoms with Gasteiger partial charge in [0.2, 0.25) is 10.0 Å². The van der Waals surface area contributed by atoms with Crippen molar-refractivity contribution >= 4 is 15.8 Å². The van der Waals surface area contributed by atoms with Crippen LogP contribution in [0.4, 0.5) is 5.82 Å². The maximum absolute atomic E-state index is 11.7. The third-order valence-electron chi connectivity index (χ3n) is 3.31. The second-order valence-corrected chi connectivity index (χ2v) is 7.27. The molecule has 0 atom stereocenters. The van der Waals surface area contributed by atoms with E-state index >= 15 is 0 Å². The van der Waals surface area contributed by atoms with E-state index < -0.39 is 10.0 Å². The molecule has 0 saturated heterocycles. The van der Waals surface area contributed by atoms with Crippen LogP contribution in [0.5, 0.6) is 0 Å². The van der Waals surface area contributed by atoms with Gasteiger partial charge in [0.25, 0.3) is 0 Å². The van der Waals surface area contributed by atoms with Gasteiger partial charge in [0.15, 0.2) is 5.82 Å². The minimum Gasteiger partial charge on any atom is -0.369 e. The second kappa shape index (κ2) is 6.01. The molecule has 1 saturated carbocycles. The molecule has 2 N–H and O–H groups in total. The Hall–Kier alpha value is -2.00. The number of sulfonamides is 1. The van der Waals surface area contributed by atoms with Gasteiger partial charge in [-0.25, -0.2) is 27.8 Å². The normalized spacial score (nSPS) is 15.0. The molecule has 2 aromatic heterocycles. The van der Waals surface area contributed by atoms with Gasteiger partial charge in [0.05, 0.1) is 10.9 Å². The number of hydrogen-bond acceptors (Lipinski definition) is 6. The molecule has 0 radical (unpaired) electrons. The Bertz CT molecular complexity index is 753. The van der Waals surface area contributed by atoms with Gasteiger partial charge in [-0.3, -0.25) is 0 Å². The van der Waals surface area contributed by atoms with Crippen molar-refractivity contribution in [2.75, 3.05) is 18.4 Å². The SMILES string of the molecule is Cc1ccn(-c2cc(NCCNS(=O)(=O)C3CC3)ncn2)n1. The molecule has 22 heavy (non-hydrogen) atoms. The highest BCUT2D eigenvalue weighted by Crippen LogP contribution is 2.27. The summed E-state index contributed by atoms with van der Waals surface area (Å²) in [6.45, 7) is 2.70. The molecule has 1 fully saturated rings. The van der Waals surface area contributed by atoms with Gasteiger partial charge in [0.1, 0.15) is 12.1 Å². The van der Waals surface area contributed by atoms with E-state index in [1.807, 2.05) is 19.2 Å². The van der Waals surface area contributed by atoms with Gasteiger partial charge >= 0.3 is 0 Å². The predicted octanol–water partition coefficient (Wildman–Crippen LogP) is 0.464. The molecule has 0 aromatic carbocycles. The molecule has 1 aliphatic carbocycles. The fraction of sp³-hybridized carbons (Fsp3) is 0.462. The van der Waals surface area contributed by atoms with Crippen molar-refractivity contribution in [3.8, 4) is 5.82 Å². The molecule has 0 unspecified atom stereocenters. The lowest BCUT2D eigenvalue weighted by atomic mass is 10.5. The maximum Gasteiger partial charge on any atom is 0.214 e. The van der Waals surface area contributed by atoms with E-state index in [4.69, 9.17) is 0 Å². The second-order valence-electron chi connectivity index (χ2n) is 5.23. The molecule has 9 heteroatoms. The molecule has 2 heterocycles. The molecule has 0 spiro atoms. The average molecular weight is 322 g/mol. The highest BCUT2D eigenvalue weighted by Gasteiger charge is 2.35. The summed E-state index contributed by atoms with van der Waals surface area (Å²) < 4.78 is 27.6. The molecule has 118 valence electrons. The molecular formula is C13H18N6O2S. The smallest absolute Gasteiger partial charge is 0.214 e. The Morgan fingerprint density at radius 3 is 2.82 bits per heavy atom. The van der Waals surface area contributed by atoms with Gasteiger partial charge in [-0.1, -0.05) is 0 Å². The first-order chi connectivity index (χ1) is 10.5. The van der Waals surface area contributed by atoms with Gasteiger partial charge in [-0.2, -0.15) is 5.10 Å². The van der Waals surface area contributed by atoms with Gasteiger partial charge in [-0.05, 0) is 25.8 Å². The Morgan fingerprint density at radius 1 is 1.32 bits per heavy atom.